The molecule has 0 spiro atoms. The standard InChI is InChI=1S/C12H6Cl2IN3S/c13-6-3-9-11(16-5-6)18(12(19)17-9)10-2-1-7(15)4-8(10)14/h1-5H,(H,17,19). The van der Waals surface area contributed by atoms with E-state index in [9.17, 15) is 0 Å². The van der Waals surface area contributed by atoms with E-state index >= 15 is 0 Å². The maximum Gasteiger partial charge on any atom is 0.184 e. The van der Waals surface area contributed by atoms with Gasteiger partial charge in [-0.15, -0.1) is 0 Å². The van der Waals surface area contributed by atoms with Gasteiger partial charge in [-0.25, -0.2) is 4.98 Å². The maximum atomic E-state index is 6.28. The van der Waals surface area contributed by atoms with Crippen molar-refractivity contribution in [2.24, 2.45) is 0 Å². The highest BCUT2D eigenvalue weighted by Crippen LogP contribution is 2.27. The fourth-order valence-corrected chi connectivity index (χ4v) is 3.25. The topological polar surface area (TPSA) is 33.6 Å². The summed E-state index contributed by atoms with van der Waals surface area (Å²) in [6.07, 6.45) is 1.59. The van der Waals surface area contributed by atoms with Gasteiger partial charge in [0.05, 0.1) is 21.2 Å². The van der Waals surface area contributed by atoms with Crippen molar-refractivity contribution in [3.05, 3.63) is 48.8 Å². The summed E-state index contributed by atoms with van der Waals surface area (Å²) in [5.41, 5.74) is 2.29. The number of imidazole rings is 1. The second kappa shape index (κ2) is 5.05. The van der Waals surface area contributed by atoms with Crippen LogP contribution in [0.15, 0.2) is 30.5 Å². The highest BCUT2D eigenvalue weighted by molar-refractivity contribution is 14.1. The molecule has 7 heteroatoms. The second-order valence-corrected chi connectivity index (χ2v) is 6.36. The van der Waals surface area contributed by atoms with E-state index in [0.717, 1.165) is 14.8 Å². The molecule has 0 fully saturated rings. The zero-order valence-corrected chi connectivity index (χ0v) is 13.8. The van der Waals surface area contributed by atoms with Gasteiger partial charge in [0.25, 0.3) is 0 Å². The fourth-order valence-electron chi connectivity index (χ4n) is 1.86. The average Bonchev–Trinajstić information content (AvgIpc) is 2.65. The number of nitrogens with zero attached hydrogens (tertiary/aromatic N) is 2. The molecule has 3 nitrogen and oxygen atoms in total. The van der Waals surface area contributed by atoms with Gasteiger partial charge in [0.1, 0.15) is 0 Å². The van der Waals surface area contributed by atoms with Crippen LogP contribution in [0.5, 0.6) is 0 Å². The van der Waals surface area contributed by atoms with E-state index in [2.05, 4.69) is 32.6 Å². The summed E-state index contributed by atoms with van der Waals surface area (Å²) in [4.78, 5) is 7.39. The summed E-state index contributed by atoms with van der Waals surface area (Å²) < 4.78 is 3.40. The summed E-state index contributed by atoms with van der Waals surface area (Å²) in [5.74, 6) is 0. The molecular weight excluding hydrogens is 416 g/mol. The van der Waals surface area contributed by atoms with Crippen LogP contribution in [-0.4, -0.2) is 14.5 Å². The van der Waals surface area contributed by atoms with Crippen LogP contribution in [0.25, 0.3) is 16.9 Å². The molecule has 2 heterocycles. The lowest BCUT2D eigenvalue weighted by molar-refractivity contribution is 1.04. The summed E-state index contributed by atoms with van der Waals surface area (Å²) in [6, 6.07) is 7.56. The molecule has 1 N–H and O–H groups in total. The SMILES string of the molecule is S=c1[nH]c2cc(Cl)cnc2n1-c1ccc(I)cc1Cl. The van der Waals surface area contributed by atoms with Crippen LogP contribution >= 0.6 is 58.0 Å². The van der Waals surface area contributed by atoms with Crippen molar-refractivity contribution in [3.63, 3.8) is 0 Å². The maximum absolute atomic E-state index is 6.28. The molecule has 0 amide bonds. The Labute approximate surface area is 137 Å². The third-order valence-corrected chi connectivity index (χ3v) is 4.11. The van der Waals surface area contributed by atoms with Crippen molar-refractivity contribution in [3.8, 4) is 5.69 Å². The molecule has 19 heavy (non-hydrogen) atoms. The second-order valence-electron chi connectivity index (χ2n) is 3.89. The van der Waals surface area contributed by atoms with Crippen LogP contribution in [0.1, 0.15) is 0 Å². The number of H-pyrrole nitrogens is 1. The Kier molecular flexibility index (Phi) is 3.55. The van der Waals surface area contributed by atoms with Crippen LogP contribution in [0.3, 0.4) is 0 Å². The van der Waals surface area contributed by atoms with E-state index < -0.39 is 0 Å². The Balaban J connectivity index is 2.36. The van der Waals surface area contributed by atoms with Gasteiger partial charge in [-0.05, 0) is 59.1 Å². The number of benzene rings is 1. The Morgan fingerprint density at radius 1 is 1.26 bits per heavy atom. The highest BCUT2D eigenvalue weighted by Gasteiger charge is 2.11. The molecule has 0 aliphatic rings. The molecule has 0 atom stereocenters. The van der Waals surface area contributed by atoms with E-state index in [-0.39, 0.29) is 0 Å². The van der Waals surface area contributed by atoms with Gasteiger partial charge >= 0.3 is 0 Å². The first-order valence-electron chi connectivity index (χ1n) is 5.28. The van der Waals surface area contributed by atoms with Crippen molar-refractivity contribution in [1.82, 2.24) is 14.5 Å². The van der Waals surface area contributed by atoms with E-state index in [4.69, 9.17) is 35.4 Å². The van der Waals surface area contributed by atoms with Crippen LogP contribution in [0.2, 0.25) is 10.0 Å². The Hall–Kier alpha value is -0.630. The first-order valence-corrected chi connectivity index (χ1v) is 7.52. The van der Waals surface area contributed by atoms with Gasteiger partial charge in [-0.1, -0.05) is 23.2 Å². The molecule has 0 aliphatic heterocycles. The van der Waals surface area contributed by atoms with Crippen molar-refractivity contribution in [1.29, 1.82) is 0 Å². The van der Waals surface area contributed by atoms with Gasteiger partial charge in [0.15, 0.2) is 10.4 Å². The molecular formula is C12H6Cl2IN3S. The number of halogens is 3. The van der Waals surface area contributed by atoms with Gasteiger partial charge < -0.3 is 4.98 Å². The molecule has 3 rings (SSSR count). The monoisotopic (exact) mass is 421 g/mol. The third-order valence-electron chi connectivity index (χ3n) is 2.64. The van der Waals surface area contributed by atoms with Gasteiger partial charge in [-0.3, -0.25) is 4.57 Å². The molecule has 2 aromatic heterocycles. The van der Waals surface area contributed by atoms with Crippen LogP contribution in [0.4, 0.5) is 0 Å². The molecule has 0 radical (unpaired) electrons. The fraction of sp³-hybridized carbons (Fsp3) is 0. The quantitative estimate of drug-likeness (QED) is 0.443. The minimum atomic E-state index is 0.535. The summed E-state index contributed by atoms with van der Waals surface area (Å²) in [5, 5.41) is 1.19. The van der Waals surface area contributed by atoms with Crippen LogP contribution in [0, 0.1) is 8.34 Å². The normalized spacial score (nSPS) is 11.1. The van der Waals surface area contributed by atoms with Crippen LogP contribution in [-0.2, 0) is 0 Å². The smallest absolute Gasteiger partial charge is 0.184 e. The summed E-state index contributed by atoms with van der Waals surface area (Å²) in [7, 11) is 0. The summed E-state index contributed by atoms with van der Waals surface area (Å²) in [6.45, 7) is 0. The average molecular weight is 422 g/mol. The largest absolute Gasteiger partial charge is 0.329 e. The number of hydrogen-bond donors (Lipinski definition) is 1. The predicted octanol–water partition coefficient (Wildman–Crippen LogP) is 4.99. The molecule has 0 bridgehead atoms. The number of aromatic amines is 1. The van der Waals surface area contributed by atoms with E-state index in [0.29, 0.717) is 20.5 Å². The lowest BCUT2D eigenvalue weighted by Gasteiger charge is -2.06. The van der Waals surface area contributed by atoms with E-state index in [1.807, 2.05) is 18.2 Å². The number of fused-ring (bicyclic) bond motifs is 1. The molecule has 0 unspecified atom stereocenters. The van der Waals surface area contributed by atoms with Crippen molar-refractivity contribution < 1.29 is 0 Å². The van der Waals surface area contributed by atoms with Crippen molar-refractivity contribution in [2.75, 3.05) is 0 Å². The minimum Gasteiger partial charge on any atom is -0.329 e. The first-order chi connectivity index (χ1) is 9.06. The first kappa shape index (κ1) is 13.4. The van der Waals surface area contributed by atoms with Crippen LogP contribution < -0.4 is 0 Å². The highest BCUT2D eigenvalue weighted by atomic mass is 127. The molecule has 0 saturated heterocycles. The zero-order valence-electron chi connectivity index (χ0n) is 9.32. The summed E-state index contributed by atoms with van der Waals surface area (Å²) >= 11 is 19.8. The zero-order chi connectivity index (χ0) is 13.6. The van der Waals surface area contributed by atoms with E-state index in [1.165, 1.54) is 0 Å². The van der Waals surface area contributed by atoms with Crippen molar-refractivity contribution in [2.45, 2.75) is 0 Å². The molecule has 0 saturated carbocycles. The number of rotatable bonds is 1. The molecule has 1 aromatic carbocycles. The molecule has 3 aromatic rings. The van der Waals surface area contributed by atoms with E-state index in [1.54, 1.807) is 16.8 Å². The van der Waals surface area contributed by atoms with Crippen molar-refractivity contribution >= 4 is 69.2 Å². The lowest BCUT2D eigenvalue weighted by atomic mass is 10.3. The minimum absolute atomic E-state index is 0.535. The molecule has 0 aliphatic carbocycles. The van der Waals surface area contributed by atoms with Gasteiger partial charge in [-0.2, -0.15) is 0 Å². The number of nitrogens with one attached hydrogen (secondary N) is 1. The lowest BCUT2D eigenvalue weighted by Crippen LogP contribution is -1.96. The van der Waals surface area contributed by atoms with Gasteiger partial charge in [0, 0.05) is 9.77 Å². The Morgan fingerprint density at radius 3 is 2.79 bits per heavy atom. The third kappa shape index (κ3) is 2.40. The molecule has 96 valence electrons. The number of hydrogen-bond acceptors (Lipinski definition) is 2. The predicted molar refractivity (Wildman–Crippen MR) is 89.0 cm³/mol. The Morgan fingerprint density at radius 2 is 2.05 bits per heavy atom. The number of pyridine rings is 1. The van der Waals surface area contributed by atoms with Gasteiger partial charge in [0.2, 0.25) is 0 Å². The number of aromatic nitrogens is 3. The Bertz CT molecular complexity index is 841.